The summed E-state index contributed by atoms with van der Waals surface area (Å²) < 4.78 is 27.9. The fourth-order valence-corrected chi connectivity index (χ4v) is 3.50. The van der Waals surface area contributed by atoms with E-state index in [1.807, 2.05) is 0 Å². The number of carbonyl (C=O) groups is 1. The van der Waals surface area contributed by atoms with E-state index in [1.54, 1.807) is 18.7 Å². The summed E-state index contributed by atoms with van der Waals surface area (Å²) in [5.74, 6) is 0.385. The molecule has 0 N–H and O–H groups in total. The summed E-state index contributed by atoms with van der Waals surface area (Å²) in [6.07, 6.45) is 2.24. The molecule has 0 atom stereocenters. The third-order valence-corrected chi connectivity index (χ3v) is 5.26. The number of rotatable bonds is 2. The third kappa shape index (κ3) is 2.80. The number of aromatic nitrogens is 1. The van der Waals surface area contributed by atoms with Crippen LogP contribution in [0, 0.1) is 13.8 Å². The van der Waals surface area contributed by atoms with Gasteiger partial charge in [0, 0.05) is 19.3 Å². The predicted octanol–water partition coefficient (Wildman–Crippen LogP) is 0.941. The average Bonchev–Trinajstić information content (AvgIpc) is 2.67. The van der Waals surface area contributed by atoms with Gasteiger partial charge in [0.05, 0.1) is 10.9 Å². The van der Waals surface area contributed by atoms with Crippen LogP contribution >= 0.6 is 0 Å². The molecule has 106 valence electrons. The maximum atomic E-state index is 12.3. The Hall–Kier alpha value is -1.37. The molecule has 0 bridgehead atoms. The van der Waals surface area contributed by atoms with Gasteiger partial charge in [0.25, 0.3) is 5.91 Å². The van der Waals surface area contributed by atoms with E-state index >= 15 is 0 Å². The summed E-state index contributed by atoms with van der Waals surface area (Å²) in [6.45, 7) is 4.35. The number of carbonyl (C=O) groups excluding carboxylic acids is 1. The van der Waals surface area contributed by atoms with Crippen molar-refractivity contribution in [1.29, 1.82) is 0 Å². The molecule has 1 saturated heterocycles. The van der Waals surface area contributed by atoms with Gasteiger partial charge in [-0.1, -0.05) is 5.16 Å². The second-order valence-corrected chi connectivity index (χ2v) is 7.35. The number of sulfone groups is 1. The Kier molecular flexibility index (Phi) is 3.66. The number of nitrogens with zero attached hydrogens (tertiary/aromatic N) is 2. The first kappa shape index (κ1) is 14.0. The van der Waals surface area contributed by atoms with Crippen LogP contribution in [0.15, 0.2) is 4.52 Å². The van der Waals surface area contributed by atoms with Crippen molar-refractivity contribution in [1.82, 2.24) is 10.1 Å². The zero-order valence-electron chi connectivity index (χ0n) is 11.3. The lowest BCUT2D eigenvalue weighted by Gasteiger charge is -2.31. The van der Waals surface area contributed by atoms with Gasteiger partial charge in [-0.2, -0.15) is 0 Å². The Labute approximate surface area is 112 Å². The van der Waals surface area contributed by atoms with Crippen molar-refractivity contribution >= 4 is 15.7 Å². The smallest absolute Gasteiger partial charge is 0.259 e. The molecule has 1 aliphatic heterocycles. The molecule has 2 heterocycles. The van der Waals surface area contributed by atoms with Gasteiger partial charge in [0.2, 0.25) is 0 Å². The van der Waals surface area contributed by atoms with Crippen LogP contribution in [-0.4, -0.2) is 49.0 Å². The molecule has 0 spiro atoms. The van der Waals surface area contributed by atoms with Gasteiger partial charge in [-0.05, 0) is 26.7 Å². The van der Waals surface area contributed by atoms with Gasteiger partial charge < -0.3 is 9.42 Å². The topological polar surface area (TPSA) is 80.5 Å². The Morgan fingerprint density at radius 2 is 1.89 bits per heavy atom. The van der Waals surface area contributed by atoms with Crippen LogP contribution in [0.5, 0.6) is 0 Å². The van der Waals surface area contributed by atoms with E-state index in [9.17, 15) is 13.2 Å². The standard InChI is InChI=1S/C12H18N2O4S/c1-8-11(9(2)18-13-8)12(15)14-6-4-10(5-7-14)19(3,16)17/h10H,4-7H2,1-3H3. The lowest BCUT2D eigenvalue weighted by Crippen LogP contribution is -2.42. The lowest BCUT2D eigenvalue weighted by molar-refractivity contribution is 0.0723. The molecular weight excluding hydrogens is 268 g/mol. The minimum absolute atomic E-state index is 0.122. The van der Waals surface area contributed by atoms with Gasteiger partial charge in [-0.25, -0.2) is 8.42 Å². The summed E-state index contributed by atoms with van der Waals surface area (Å²) >= 11 is 0. The van der Waals surface area contributed by atoms with Crippen LogP contribution in [0.2, 0.25) is 0 Å². The summed E-state index contributed by atoms with van der Waals surface area (Å²) in [6, 6.07) is 0. The first-order chi connectivity index (χ1) is 8.80. The van der Waals surface area contributed by atoms with Gasteiger partial charge in [0.15, 0.2) is 0 Å². The Morgan fingerprint density at radius 3 is 2.32 bits per heavy atom. The zero-order chi connectivity index (χ0) is 14.2. The molecule has 7 heteroatoms. The second kappa shape index (κ2) is 4.96. The fourth-order valence-electron chi connectivity index (χ4n) is 2.43. The molecule has 1 amide bonds. The highest BCUT2D eigenvalue weighted by molar-refractivity contribution is 7.91. The van der Waals surface area contributed by atoms with E-state index in [0.717, 1.165) is 0 Å². The molecule has 2 rings (SSSR count). The Bertz CT molecular complexity index is 563. The highest BCUT2D eigenvalue weighted by atomic mass is 32.2. The lowest BCUT2D eigenvalue weighted by atomic mass is 10.1. The monoisotopic (exact) mass is 286 g/mol. The highest BCUT2D eigenvalue weighted by Crippen LogP contribution is 2.21. The zero-order valence-corrected chi connectivity index (χ0v) is 12.2. The summed E-state index contributed by atoms with van der Waals surface area (Å²) in [4.78, 5) is 14.0. The molecule has 0 unspecified atom stereocenters. The Morgan fingerprint density at radius 1 is 1.32 bits per heavy atom. The first-order valence-corrected chi connectivity index (χ1v) is 8.17. The maximum Gasteiger partial charge on any atom is 0.259 e. The average molecular weight is 286 g/mol. The van der Waals surface area contributed by atoms with Gasteiger partial charge in [0.1, 0.15) is 21.2 Å². The fraction of sp³-hybridized carbons (Fsp3) is 0.667. The number of hydrogen-bond donors (Lipinski definition) is 0. The number of amides is 1. The molecule has 6 nitrogen and oxygen atoms in total. The van der Waals surface area contributed by atoms with E-state index in [2.05, 4.69) is 5.16 Å². The summed E-state index contributed by atoms with van der Waals surface area (Å²) in [5.41, 5.74) is 1.07. The summed E-state index contributed by atoms with van der Waals surface area (Å²) in [7, 11) is -3.01. The number of aryl methyl sites for hydroxylation is 2. The van der Waals surface area contributed by atoms with Crippen LogP contribution in [0.25, 0.3) is 0 Å². The van der Waals surface area contributed by atoms with Crippen LogP contribution in [0.3, 0.4) is 0 Å². The number of piperidine rings is 1. The van der Waals surface area contributed by atoms with Crippen molar-refractivity contribution in [3.63, 3.8) is 0 Å². The van der Waals surface area contributed by atoms with E-state index in [-0.39, 0.29) is 11.2 Å². The maximum absolute atomic E-state index is 12.3. The van der Waals surface area contributed by atoms with Crippen molar-refractivity contribution in [2.75, 3.05) is 19.3 Å². The van der Waals surface area contributed by atoms with Crippen molar-refractivity contribution in [2.24, 2.45) is 0 Å². The highest BCUT2D eigenvalue weighted by Gasteiger charge is 2.31. The second-order valence-electron chi connectivity index (χ2n) is 5.02. The van der Waals surface area contributed by atoms with Crippen molar-refractivity contribution in [3.05, 3.63) is 17.0 Å². The SMILES string of the molecule is Cc1noc(C)c1C(=O)N1CCC(S(C)(=O)=O)CC1. The summed E-state index contributed by atoms with van der Waals surface area (Å²) in [5, 5.41) is 3.44. The number of hydrogen-bond acceptors (Lipinski definition) is 5. The predicted molar refractivity (Wildman–Crippen MR) is 69.7 cm³/mol. The van der Waals surface area contributed by atoms with Gasteiger partial charge in [-0.15, -0.1) is 0 Å². The molecule has 1 aromatic heterocycles. The van der Waals surface area contributed by atoms with Gasteiger partial charge >= 0.3 is 0 Å². The molecule has 0 saturated carbocycles. The largest absolute Gasteiger partial charge is 0.361 e. The molecule has 1 aliphatic rings. The van der Waals surface area contributed by atoms with E-state index in [4.69, 9.17) is 4.52 Å². The van der Waals surface area contributed by atoms with Crippen LogP contribution < -0.4 is 0 Å². The molecular formula is C12H18N2O4S. The number of likely N-dealkylation sites (tertiary alicyclic amines) is 1. The minimum atomic E-state index is -3.01. The molecule has 0 radical (unpaired) electrons. The molecule has 0 aliphatic carbocycles. The first-order valence-electron chi connectivity index (χ1n) is 6.21. The van der Waals surface area contributed by atoms with Gasteiger partial charge in [-0.3, -0.25) is 4.79 Å². The molecule has 1 fully saturated rings. The van der Waals surface area contributed by atoms with Crippen molar-refractivity contribution in [3.8, 4) is 0 Å². The van der Waals surface area contributed by atoms with Crippen LogP contribution in [0.4, 0.5) is 0 Å². The molecule has 0 aromatic carbocycles. The normalized spacial score (nSPS) is 17.7. The van der Waals surface area contributed by atoms with Crippen LogP contribution in [0.1, 0.15) is 34.7 Å². The van der Waals surface area contributed by atoms with Crippen molar-refractivity contribution < 1.29 is 17.7 Å². The molecule has 1 aromatic rings. The Balaban J connectivity index is 2.09. The quantitative estimate of drug-likeness (QED) is 0.808. The minimum Gasteiger partial charge on any atom is -0.361 e. The van der Waals surface area contributed by atoms with Crippen LogP contribution in [-0.2, 0) is 9.84 Å². The van der Waals surface area contributed by atoms with E-state index in [0.29, 0.717) is 42.9 Å². The van der Waals surface area contributed by atoms with E-state index < -0.39 is 9.84 Å². The molecule has 19 heavy (non-hydrogen) atoms. The van der Waals surface area contributed by atoms with Crippen molar-refractivity contribution in [2.45, 2.75) is 31.9 Å². The third-order valence-electron chi connectivity index (χ3n) is 3.58. The van der Waals surface area contributed by atoms with E-state index in [1.165, 1.54) is 6.26 Å².